The predicted molar refractivity (Wildman–Crippen MR) is 227 cm³/mol. The molecule has 0 saturated carbocycles. The summed E-state index contributed by atoms with van der Waals surface area (Å²) in [6.45, 7) is 14.2. The van der Waals surface area contributed by atoms with E-state index < -0.39 is 0 Å². The number of aldehydes is 1. The summed E-state index contributed by atoms with van der Waals surface area (Å²) in [6.07, 6.45) is 7.18. The Balaban J connectivity index is 1.74. The lowest BCUT2D eigenvalue weighted by molar-refractivity contribution is -0.109. The molecule has 0 spiro atoms. The van der Waals surface area contributed by atoms with Crippen LogP contribution in [0.4, 0.5) is 5.69 Å². The van der Waals surface area contributed by atoms with E-state index in [-0.39, 0.29) is 6.04 Å². The van der Waals surface area contributed by atoms with E-state index in [0.717, 1.165) is 109 Å². The van der Waals surface area contributed by atoms with Gasteiger partial charge >= 0.3 is 0 Å². The normalized spacial score (nSPS) is 12.3. The van der Waals surface area contributed by atoms with Crippen LogP contribution in [0.2, 0.25) is 10.0 Å². The predicted octanol–water partition coefficient (Wildman–Crippen LogP) is 10.3. The van der Waals surface area contributed by atoms with E-state index >= 15 is 0 Å². The molecule has 1 amide bonds. The molecule has 0 aliphatic carbocycles. The van der Waals surface area contributed by atoms with Gasteiger partial charge in [-0.3, -0.25) is 14.3 Å². The smallest absolute Gasteiger partial charge is 0.207 e. The van der Waals surface area contributed by atoms with E-state index in [1.165, 1.54) is 0 Å². The van der Waals surface area contributed by atoms with E-state index in [9.17, 15) is 9.59 Å². The number of halogens is 2. The molecule has 2 N–H and O–H groups in total. The zero-order valence-electron chi connectivity index (χ0n) is 33.2. The van der Waals surface area contributed by atoms with E-state index in [1.807, 2.05) is 70.6 Å². The number of fused-ring (bicyclic) bond motifs is 1. The molecule has 0 aliphatic heterocycles. The van der Waals surface area contributed by atoms with Crippen LogP contribution in [0.1, 0.15) is 89.2 Å². The van der Waals surface area contributed by atoms with Crippen LogP contribution in [0.3, 0.4) is 0 Å². The first-order valence-electron chi connectivity index (χ1n) is 18.9. The van der Waals surface area contributed by atoms with Crippen molar-refractivity contribution in [2.45, 2.75) is 86.4 Å². The largest absolute Gasteiger partial charge is 0.494 e. The number of carbonyl (C=O) groups excluding carboxylic acids is 2. The minimum atomic E-state index is -0.141. The van der Waals surface area contributed by atoms with Crippen molar-refractivity contribution in [1.82, 2.24) is 19.7 Å². The Labute approximate surface area is 335 Å². The van der Waals surface area contributed by atoms with Crippen molar-refractivity contribution in [1.29, 1.82) is 0 Å². The highest BCUT2D eigenvalue weighted by molar-refractivity contribution is 6.34. The van der Waals surface area contributed by atoms with E-state index in [1.54, 1.807) is 7.11 Å². The maximum Gasteiger partial charge on any atom is 0.207 e. The summed E-state index contributed by atoms with van der Waals surface area (Å²) >= 11 is 13.6. The number of hydrogen-bond acceptors (Lipinski definition) is 6. The van der Waals surface area contributed by atoms with Gasteiger partial charge in [0.05, 0.1) is 40.8 Å². The number of unbranched alkanes of at least 4 members (excludes halogenated alkanes) is 1. The summed E-state index contributed by atoms with van der Waals surface area (Å²) in [5.74, 6) is 0.782. The molecular weight excluding hydrogens is 733 g/mol. The Morgan fingerprint density at radius 1 is 1.00 bits per heavy atom. The van der Waals surface area contributed by atoms with Gasteiger partial charge in [0.15, 0.2) is 6.29 Å². The van der Waals surface area contributed by atoms with Crippen LogP contribution in [-0.2, 0) is 29.7 Å². The molecule has 9 nitrogen and oxygen atoms in total. The number of allylic oxidation sites excluding steroid dienone is 1. The summed E-state index contributed by atoms with van der Waals surface area (Å²) in [7, 11) is 3.62. The van der Waals surface area contributed by atoms with Crippen LogP contribution in [0.15, 0.2) is 42.5 Å². The number of nitrogens with zero attached hydrogens (tertiary/aromatic N) is 3. The quantitative estimate of drug-likeness (QED) is 0.0491. The maximum absolute atomic E-state index is 12.4. The van der Waals surface area contributed by atoms with Gasteiger partial charge in [-0.1, -0.05) is 42.6 Å². The van der Waals surface area contributed by atoms with E-state index in [2.05, 4.69) is 46.4 Å². The number of amides is 1. The highest BCUT2D eigenvalue weighted by atomic mass is 35.5. The van der Waals surface area contributed by atoms with Gasteiger partial charge in [-0.05, 0) is 124 Å². The number of hydrogen-bond donors (Lipinski definition) is 2. The van der Waals surface area contributed by atoms with Gasteiger partial charge in [0.1, 0.15) is 5.75 Å². The number of rotatable bonds is 19. The molecule has 1 atom stereocenters. The summed E-state index contributed by atoms with van der Waals surface area (Å²) in [5, 5.41) is 13.6. The number of methoxy groups -OCH3 is 1. The first kappa shape index (κ1) is 41.6. The minimum Gasteiger partial charge on any atom is -0.494 e. The lowest BCUT2D eigenvalue weighted by Gasteiger charge is -2.24. The third-order valence-electron chi connectivity index (χ3n) is 10.0. The van der Waals surface area contributed by atoms with Gasteiger partial charge in [-0.15, -0.1) is 0 Å². The van der Waals surface area contributed by atoms with Crippen molar-refractivity contribution in [3.05, 3.63) is 97.4 Å². The number of nitrogens with one attached hydrogen (secondary N) is 2. The van der Waals surface area contributed by atoms with Crippen LogP contribution in [0.5, 0.6) is 5.75 Å². The van der Waals surface area contributed by atoms with E-state index in [0.29, 0.717) is 49.7 Å². The fourth-order valence-corrected chi connectivity index (χ4v) is 7.72. The Hall–Kier alpha value is -4.57. The zero-order chi connectivity index (χ0) is 39.8. The number of benzene rings is 3. The molecule has 55 heavy (non-hydrogen) atoms. The molecule has 2 aromatic heterocycles. The molecule has 11 heteroatoms. The second-order valence-electron chi connectivity index (χ2n) is 14.3. The van der Waals surface area contributed by atoms with Gasteiger partial charge in [0, 0.05) is 66.1 Å². The van der Waals surface area contributed by atoms with Crippen LogP contribution in [0.25, 0.3) is 33.7 Å². The van der Waals surface area contributed by atoms with Gasteiger partial charge in [-0.2, -0.15) is 5.10 Å². The van der Waals surface area contributed by atoms with Crippen LogP contribution < -0.4 is 15.4 Å². The summed E-state index contributed by atoms with van der Waals surface area (Å²) < 4.78 is 15.9. The van der Waals surface area contributed by atoms with Crippen molar-refractivity contribution >= 4 is 64.1 Å². The van der Waals surface area contributed by atoms with Gasteiger partial charge in [0.2, 0.25) is 6.41 Å². The van der Waals surface area contributed by atoms with Crippen LogP contribution >= 0.6 is 23.2 Å². The number of anilines is 1. The van der Waals surface area contributed by atoms with Crippen LogP contribution in [0, 0.1) is 27.7 Å². The molecule has 0 unspecified atom stereocenters. The fourth-order valence-electron chi connectivity index (χ4n) is 7.36. The lowest BCUT2D eigenvalue weighted by Crippen LogP contribution is -2.30. The van der Waals surface area contributed by atoms with Gasteiger partial charge in [0.25, 0.3) is 0 Å². The zero-order valence-corrected chi connectivity index (χ0v) is 34.8. The third kappa shape index (κ3) is 9.46. The molecule has 0 radical (unpaired) electrons. The summed E-state index contributed by atoms with van der Waals surface area (Å²) in [5.41, 5.74) is 12.1. The second kappa shape index (κ2) is 18.8. The van der Waals surface area contributed by atoms with Gasteiger partial charge < -0.3 is 24.7 Å². The molecule has 0 fully saturated rings. The Morgan fingerprint density at radius 2 is 1.75 bits per heavy atom. The highest BCUT2D eigenvalue weighted by Gasteiger charge is 2.24. The third-order valence-corrected chi connectivity index (χ3v) is 10.9. The fraction of sp³-hybridized carbons (Fsp3) is 0.386. The average molecular weight is 787 g/mol. The Bertz CT molecular complexity index is 2180. The minimum absolute atomic E-state index is 0.141. The van der Waals surface area contributed by atoms with Crippen molar-refractivity contribution in [2.24, 2.45) is 7.05 Å². The first-order valence-corrected chi connectivity index (χ1v) is 19.6. The highest BCUT2D eigenvalue weighted by Crippen LogP contribution is 2.44. The monoisotopic (exact) mass is 785 g/mol. The second-order valence-corrected chi connectivity index (χ2v) is 15.1. The van der Waals surface area contributed by atoms with Gasteiger partial charge in [-0.25, -0.2) is 0 Å². The molecule has 292 valence electrons. The van der Waals surface area contributed by atoms with Crippen molar-refractivity contribution in [3.8, 4) is 16.9 Å². The summed E-state index contributed by atoms with van der Waals surface area (Å²) in [6, 6.07) is 14.1. The molecule has 5 rings (SSSR count). The topological polar surface area (TPSA) is 99.4 Å². The number of ether oxygens (including phenoxy) is 2. The SMILES string of the molecule is CCCCn1c(C=O)cc2cc(COC)cc(/C=C(\CCCOc3cc(C)c(Cl)c(C)c3)c3ccc(Cl)c(-c4c(C)nn(C)c4C)c3N[C@H](C)CNC=O)c21. The Morgan fingerprint density at radius 3 is 2.38 bits per heavy atom. The lowest BCUT2D eigenvalue weighted by atomic mass is 9.90. The number of aryl methyl sites for hydroxylation is 5. The molecule has 3 aromatic carbocycles. The number of aromatic nitrogens is 3. The standard InChI is InChI=1S/C44H53Cl2N5O4/c1-9-10-15-51-36(24-52)22-35-20-32(25-54-8)19-34(44(35)51)21-33(12-11-16-55-37-17-27(2)42(46)28(3)18-37)38-13-14-39(45)41(40-30(5)49-50(7)31(40)6)43(38)48-29(4)23-47-26-53/h13-14,17-22,24,26,29,48H,9-12,15-16,23,25H2,1-8H3,(H,47,53)/b33-21+/t29-/m1/s1. The molecule has 0 bridgehead atoms. The molecule has 2 heterocycles. The van der Waals surface area contributed by atoms with Crippen molar-refractivity contribution in [3.63, 3.8) is 0 Å². The Kier molecular flexibility index (Phi) is 14.3. The molecule has 0 saturated heterocycles. The molecule has 5 aromatic rings. The molecule has 0 aliphatic rings. The number of carbonyl (C=O) groups is 2. The van der Waals surface area contributed by atoms with Crippen molar-refractivity contribution < 1.29 is 19.1 Å². The summed E-state index contributed by atoms with van der Waals surface area (Å²) in [4.78, 5) is 23.8. The first-order chi connectivity index (χ1) is 26.4. The molecular formula is C44H53Cl2N5O4. The van der Waals surface area contributed by atoms with E-state index in [4.69, 9.17) is 37.8 Å². The van der Waals surface area contributed by atoms with Crippen molar-refractivity contribution in [2.75, 3.05) is 25.6 Å². The average Bonchev–Trinajstić information content (AvgIpc) is 3.64. The maximum atomic E-state index is 12.4. The van der Waals surface area contributed by atoms with Crippen LogP contribution in [-0.4, -0.2) is 53.3 Å².